The Bertz CT molecular complexity index is 483. The maximum absolute atomic E-state index is 5.79. The van der Waals surface area contributed by atoms with Gasteiger partial charge < -0.3 is 11.5 Å². The highest BCUT2D eigenvalue weighted by Crippen LogP contribution is 2.32. The van der Waals surface area contributed by atoms with Crippen LogP contribution >= 0.6 is 0 Å². The molecule has 0 fully saturated rings. The number of nitrogens with two attached hydrogens (primary N) is 2. The van der Waals surface area contributed by atoms with Crippen molar-refractivity contribution in [2.75, 3.05) is 26.2 Å². The molecule has 0 saturated carbocycles. The van der Waals surface area contributed by atoms with Crippen molar-refractivity contribution in [3.05, 3.63) is 60.2 Å². The van der Waals surface area contributed by atoms with E-state index >= 15 is 0 Å². The van der Waals surface area contributed by atoms with Crippen LogP contribution in [0, 0.1) is 0 Å². The molecule has 0 saturated heterocycles. The Morgan fingerprint density at radius 2 is 1.38 bits per heavy atom. The molecule has 4 N–H and O–H groups in total. The van der Waals surface area contributed by atoms with Gasteiger partial charge in [-0.15, -0.1) is 0 Å². The van der Waals surface area contributed by atoms with Gasteiger partial charge in [0.15, 0.2) is 0 Å². The monoisotopic (exact) mass is 285 g/mol. The van der Waals surface area contributed by atoms with Crippen LogP contribution in [-0.4, -0.2) is 41.0 Å². The first kappa shape index (κ1) is 15.6. The maximum atomic E-state index is 5.79. The third kappa shape index (κ3) is 3.26. The Morgan fingerprint density at radius 3 is 1.71 bits per heavy atom. The highest BCUT2D eigenvalue weighted by molar-refractivity contribution is 5.29. The second kappa shape index (κ2) is 7.26. The van der Waals surface area contributed by atoms with Crippen molar-refractivity contribution in [3.63, 3.8) is 0 Å². The molecule has 0 amide bonds. The molecule has 0 atom stereocenters. The molecule has 0 aliphatic heterocycles. The van der Waals surface area contributed by atoms with E-state index in [2.05, 4.69) is 21.8 Å². The zero-order chi connectivity index (χ0) is 15.1. The number of aromatic nitrogens is 2. The van der Waals surface area contributed by atoms with E-state index in [1.165, 1.54) is 0 Å². The number of hydrogen-bond acceptors (Lipinski definition) is 5. The van der Waals surface area contributed by atoms with Gasteiger partial charge in [-0.05, 0) is 31.2 Å². The fourth-order valence-electron chi connectivity index (χ4n) is 2.63. The molecule has 0 aromatic carbocycles. The molecule has 5 heteroatoms. The fourth-order valence-corrected chi connectivity index (χ4v) is 2.63. The van der Waals surface area contributed by atoms with Crippen molar-refractivity contribution < 1.29 is 0 Å². The molecule has 5 nitrogen and oxygen atoms in total. The molecular formula is C16H23N5. The minimum atomic E-state index is -0.443. The molecule has 2 aromatic rings. The van der Waals surface area contributed by atoms with E-state index in [4.69, 9.17) is 11.5 Å². The summed E-state index contributed by atoms with van der Waals surface area (Å²) >= 11 is 0. The van der Waals surface area contributed by atoms with Crippen molar-refractivity contribution in [2.45, 2.75) is 12.5 Å². The van der Waals surface area contributed by atoms with Crippen molar-refractivity contribution in [3.8, 4) is 0 Å². The highest BCUT2D eigenvalue weighted by atomic mass is 15.2. The Balaban J connectivity index is 2.53. The third-order valence-corrected chi connectivity index (χ3v) is 3.76. The summed E-state index contributed by atoms with van der Waals surface area (Å²) in [5.41, 5.74) is 13.0. The summed E-state index contributed by atoms with van der Waals surface area (Å²) in [5, 5.41) is 0. The van der Waals surface area contributed by atoms with Crippen LogP contribution in [0.15, 0.2) is 48.8 Å². The van der Waals surface area contributed by atoms with E-state index in [1.807, 2.05) is 36.4 Å². The first-order valence-electron chi connectivity index (χ1n) is 7.21. The topological polar surface area (TPSA) is 81.1 Å². The Hall–Kier alpha value is -1.82. The standard InChI is InChI=1S/C16H23N5/c1-16(14-6-2-4-10-19-14,15-7-3-5-11-20-15)21(12-8-17)13-9-18/h2-7,10-11H,8-9,12-13,17-18H2,1H3. The molecule has 2 aromatic heterocycles. The van der Waals surface area contributed by atoms with Crippen LogP contribution in [0.5, 0.6) is 0 Å². The van der Waals surface area contributed by atoms with E-state index in [9.17, 15) is 0 Å². The molecule has 0 bridgehead atoms. The van der Waals surface area contributed by atoms with Crippen LogP contribution in [0.2, 0.25) is 0 Å². The fraction of sp³-hybridized carbons (Fsp3) is 0.375. The second-order valence-corrected chi connectivity index (χ2v) is 5.07. The zero-order valence-corrected chi connectivity index (χ0v) is 12.4. The first-order valence-corrected chi connectivity index (χ1v) is 7.21. The lowest BCUT2D eigenvalue weighted by Crippen LogP contribution is -2.50. The van der Waals surface area contributed by atoms with Crippen LogP contribution in [0.3, 0.4) is 0 Å². The summed E-state index contributed by atoms with van der Waals surface area (Å²) in [4.78, 5) is 11.3. The normalized spacial score (nSPS) is 11.8. The molecule has 0 aliphatic carbocycles. The minimum Gasteiger partial charge on any atom is -0.329 e. The number of nitrogens with zero attached hydrogens (tertiary/aromatic N) is 3. The highest BCUT2D eigenvalue weighted by Gasteiger charge is 2.37. The number of rotatable bonds is 7. The van der Waals surface area contributed by atoms with Gasteiger partial charge in [0.1, 0.15) is 5.54 Å². The maximum Gasteiger partial charge on any atom is 0.103 e. The van der Waals surface area contributed by atoms with Crippen molar-refractivity contribution in [2.24, 2.45) is 11.5 Å². The van der Waals surface area contributed by atoms with Gasteiger partial charge >= 0.3 is 0 Å². The third-order valence-electron chi connectivity index (χ3n) is 3.76. The SMILES string of the molecule is CC(c1ccccn1)(c1ccccn1)N(CCN)CCN. The Labute approximate surface area is 126 Å². The molecule has 112 valence electrons. The van der Waals surface area contributed by atoms with Gasteiger partial charge in [-0.2, -0.15) is 0 Å². The molecular weight excluding hydrogens is 262 g/mol. The summed E-state index contributed by atoms with van der Waals surface area (Å²) in [5.74, 6) is 0. The largest absolute Gasteiger partial charge is 0.329 e. The molecule has 0 aliphatic rings. The van der Waals surface area contributed by atoms with Crippen LogP contribution in [0.4, 0.5) is 0 Å². The quantitative estimate of drug-likeness (QED) is 0.792. The first-order chi connectivity index (χ1) is 10.2. The second-order valence-electron chi connectivity index (χ2n) is 5.07. The molecule has 0 radical (unpaired) electrons. The Morgan fingerprint density at radius 1 is 0.905 bits per heavy atom. The average Bonchev–Trinajstić information content (AvgIpc) is 2.55. The van der Waals surface area contributed by atoms with Crippen LogP contribution in [0.1, 0.15) is 18.3 Å². The average molecular weight is 285 g/mol. The van der Waals surface area contributed by atoms with Crippen molar-refractivity contribution in [1.82, 2.24) is 14.9 Å². The van der Waals surface area contributed by atoms with E-state index in [0.717, 1.165) is 24.5 Å². The lowest BCUT2D eigenvalue weighted by molar-refractivity contribution is 0.139. The summed E-state index contributed by atoms with van der Waals surface area (Å²) in [6.45, 7) is 4.73. The summed E-state index contributed by atoms with van der Waals surface area (Å²) in [6.07, 6.45) is 3.61. The van der Waals surface area contributed by atoms with Gasteiger partial charge in [0, 0.05) is 38.6 Å². The predicted molar refractivity (Wildman–Crippen MR) is 84.6 cm³/mol. The molecule has 2 rings (SSSR count). The van der Waals surface area contributed by atoms with E-state index in [1.54, 1.807) is 12.4 Å². The zero-order valence-electron chi connectivity index (χ0n) is 12.4. The lowest BCUT2D eigenvalue weighted by Gasteiger charge is -2.40. The smallest absolute Gasteiger partial charge is 0.103 e. The van der Waals surface area contributed by atoms with Gasteiger partial charge in [0.2, 0.25) is 0 Å². The van der Waals surface area contributed by atoms with Gasteiger partial charge in [0.25, 0.3) is 0 Å². The van der Waals surface area contributed by atoms with Crippen LogP contribution in [-0.2, 0) is 5.54 Å². The molecule has 21 heavy (non-hydrogen) atoms. The summed E-state index contributed by atoms with van der Waals surface area (Å²) in [6, 6.07) is 11.9. The van der Waals surface area contributed by atoms with Crippen LogP contribution in [0.25, 0.3) is 0 Å². The molecule has 0 unspecified atom stereocenters. The van der Waals surface area contributed by atoms with Crippen molar-refractivity contribution >= 4 is 0 Å². The molecule has 0 spiro atoms. The van der Waals surface area contributed by atoms with Gasteiger partial charge in [-0.1, -0.05) is 12.1 Å². The van der Waals surface area contributed by atoms with Gasteiger partial charge in [0.05, 0.1) is 11.4 Å². The van der Waals surface area contributed by atoms with Gasteiger partial charge in [-0.25, -0.2) is 0 Å². The number of hydrogen-bond donors (Lipinski definition) is 2. The summed E-state index contributed by atoms with van der Waals surface area (Å²) < 4.78 is 0. The van der Waals surface area contributed by atoms with Gasteiger partial charge in [-0.3, -0.25) is 14.9 Å². The predicted octanol–water partition coefficient (Wildman–Crippen LogP) is 0.960. The van der Waals surface area contributed by atoms with Crippen molar-refractivity contribution in [1.29, 1.82) is 0 Å². The Kier molecular flexibility index (Phi) is 5.38. The lowest BCUT2D eigenvalue weighted by atomic mass is 9.89. The molecule has 2 heterocycles. The van der Waals surface area contributed by atoms with E-state index in [0.29, 0.717) is 13.1 Å². The minimum absolute atomic E-state index is 0.443. The van der Waals surface area contributed by atoms with E-state index in [-0.39, 0.29) is 0 Å². The number of pyridine rings is 2. The summed E-state index contributed by atoms with van der Waals surface area (Å²) in [7, 11) is 0. The van der Waals surface area contributed by atoms with Crippen LogP contribution < -0.4 is 11.5 Å². The van der Waals surface area contributed by atoms with E-state index < -0.39 is 5.54 Å².